The minimum Gasteiger partial charge on any atom is -0.495 e. The van der Waals surface area contributed by atoms with Crippen LogP contribution in [0.5, 0.6) is 5.75 Å². The molecule has 1 aliphatic rings. The molecule has 0 saturated carbocycles. The van der Waals surface area contributed by atoms with Gasteiger partial charge in [-0.3, -0.25) is 4.99 Å². The van der Waals surface area contributed by atoms with E-state index >= 15 is 0 Å². The number of hydrogen-bond acceptors (Lipinski definition) is 4. The van der Waals surface area contributed by atoms with Crippen molar-refractivity contribution in [2.45, 2.75) is 6.42 Å². The lowest BCUT2D eigenvalue weighted by atomic mass is 10.2. The van der Waals surface area contributed by atoms with Crippen LogP contribution < -0.4 is 15.0 Å². The molecule has 0 atom stereocenters. The van der Waals surface area contributed by atoms with Gasteiger partial charge in [0, 0.05) is 45.7 Å². The van der Waals surface area contributed by atoms with Gasteiger partial charge < -0.3 is 24.3 Å². The zero-order valence-corrected chi connectivity index (χ0v) is 18.7. The molecule has 7 heteroatoms. The van der Waals surface area contributed by atoms with Crippen molar-refractivity contribution in [2.75, 3.05) is 51.3 Å². The quantitative estimate of drug-likeness (QED) is 0.276. The van der Waals surface area contributed by atoms with E-state index < -0.39 is 0 Å². The Labute approximate surface area is 184 Å². The minimum atomic E-state index is 0. The van der Waals surface area contributed by atoms with Gasteiger partial charge in [0.1, 0.15) is 11.5 Å². The van der Waals surface area contributed by atoms with Crippen molar-refractivity contribution in [3.8, 4) is 5.75 Å². The molecule has 0 bridgehead atoms. The van der Waals surface area contributed by atoms with Gasteiger partial charge in [-0.2, -0.15) is 0 Å². The van der Waals surface area contributed by atoms with Crippen molar-refractivity contribution < 1.29 is 9.15 Å². The highest BCUT2D eigenvalue weighted by Crippen LogP contribution is 2.28. The monoisotopic (exact) mass is 496 g/mol. The van der Waals surface area contributed by atoms with E-state index in [0.29, 0.717) is 13.1 Å². The Morgan fingerprint density at radius 3 is 2.68 bits per heavy atom. The number of anilines is 1. The lowest BCUT2D eigenvalue weighted by molar-refractivity contribution is 0.367. The number of piperazine rings is 1. The summed E-state index contributed by atoms with van der Waals surface area (Å²) in [5, 5.41) is 3.38. The predicted molar refractivity (Wildman–Crippen MR) is 125 cm³/mol. The Hall–Kier alpha value is -2.16. The maximum absolute atomic E-state index is 5.50. The van der Waals surface area contributed by atoms with Crippen LogP contribution in [0.4, 0.5) is 5.69 Å². The van der Waals surface area contributed by atoms with E-state index in [0.717, 1.165) is 55.8 Å². The van der Waals surface area contributed by atoms with Gasteiger partial charge in [-0.05, 0) is 24.3 Å². The van der Waals surface area contributed by atoms with E-state index in [1.165, 1.54) is 0 Å². The number of methoxy groups -OCH3 is 1. The van der Waals surface area contributed by atoms with Gasteiger partial charge >= 0.3 is 0 Å². The van der Waals surface area contributed by atoms with Crippen LogP contribution in [0.25, 0.3) is 0 Å². The Kier molecular flexibility index (Phi) is 9.19. The molecule has 1 fully saturated rings. The fourth-order valence-corrected chi connectivity index (χ4v) is 3.21. The van der Waals surface area contributed by atoms with Crippen LogP contribution in [-0.2, 0) is 6.42 Å². The van der Waals surface area contributed by atoms with Crippen molar-refractivity contribution in [1.82, 2.24) is 10.2 Å². The maximum atomic E-state index is 5.50. The summed E-state index contributed by atoms with van der Waals surface area (Å²) in [7, 11) is 1.72. The number of guanidine groups is 1. The van der Waals surface area contributed by atoms with Crippen molar-refractivity contribution in [2.24, 2.45) is 4.99 Å². The number of nitrogens with zero attached hydrogens (tertiary/aromatic N) is 3. The number of benzene rings is 1. The van der Waals surface area contributed by atoms with Crippen LogP contribution in [0.3, 0.4) is 0 Å². The molecule has 1 aromatic carbocycles. The summed E-state index contributed by atoms with van der Waals surface area (Å²) in [4.78, 5) is 9.44. The van der Waals surface area contributed by atoms with Gasteiger partial charge in [-0.15, -0.1) is 30.6 Å². The third-order valence-corrected chi connectivity index (χ3v) is 4.61. The lowest BCUT2D eigenvalue weighted by Gasteiger charge is -2.38. The normalized spacial score (nSPS) is 14.4. The number of para-hydroxylation sites is 2. The van der Waals surface area contributed by atoms with Crippen LogP contribution in [0, 0.1) is 0 Å². The summed E-state index contributed by atoms with van der Waals surface area (Å²) in [6.45, 7) is 8.85. The molecule has 1 aliphatic heterocycles. The number of ether oxygens (including phenoxy) is 1. The molecule has 0 unspecified atom stereocenters. The summed E-state index contributed by atoms with van der Waals surface area (Å²) >= 11 is 0. The number of aliphatic imine (C=N–C) groups is 1. The van der Waals surface area contributed by atoms with Crippen LogP contribution in [0.1, 0.15) is 5.76 Å². The van der Waals surface area contributed by atoms with Gasteiger partial charge in [0.05, 0.1) is 19.1 Å². The molecule has 0 aliphatic carbocycles. The van der Waals surface area contributed by atoms with Crippen molar-refractivity contribution >= 4 is 35.6 Å². The summed E-state index contributed by atoms with van der Waals surface area (Å²) in [6.07, 6.45) is 4.35. The highest BCUT2D eigenvalue weighted by molar-refractivity contribution is 14.0. The molecule has 2 heterocycles. The Morgan fingerprint density at radius 2 is 2.00 bits per heavy atom. The molecule has 0 spiro atoms. The molecule has 1 aromatic heterocycles. The molecule has 152 valence electrons. The number of halogens is 1. The highest BCUT2D eigenvalue weighted by atomic mass is 127. The van der Waals surface area contributed by atoms with Gasteiger partial charge in [0.25, 0.3) is 0 Å². The number of hydrogen-bond donors (Lipinski definition) is 1. The highest BCUT2D eigenvalue weighted by Gasteiger charge is 2.21. The lowest BCUT2D eigenvalue weighted by Crippen LogP contribution is -2.52. The summed E-state index contributed by atoms with van der Waals surface area (Å²) in [6, 6.07) is 12.1. The molecule has 3 rings (SSSR count). The first-order valence-corrected chi connectivity index (χ1v) is 9.36. The molecule has 0 amide bonds. The zero-order chi connectivity index (χ0) is 18.9. The van der Waals surface area contributed by atoms with Crippen LogP contribution in [0.15, 0.2) is 64.7 Å². The number of rotatable bonds is 7. The van der Waals surface area contributed by atoms with Crippen molar-refractivity contribution in [3.05, 3.63) is 61.1 Å². The van der Waals surface area contributed by atoms with Gasteiger partial charge in [0.15, 0.2) is 5.96 Å². The summed E-state index contributed by atoms with van der Waals surface area (Å²) < 4.78 is 10.9. The molecular formula is C21H29IN4O2. The average molecular weight is 496 g/mol. The number of nitrogens with one attached hydrogen (secondary N) is 1. The van der Waals surface area contributed by atoms with Gasteiger partial charge in [-0.25, -0.2) is 0 Å². The first kappa shape index (κ1) is 22.1. The Bertz CT molecular complexity index is 741. The van der Waals surface area contributed by atoms with E-state index in [2.05, 4.69) is 33.8 Å². The second-order valence-corrected chi connectivity index (χ2v) is 6.35. The second kappa shape index (κ2) is 11.6. The molecule has 0 radical (unpaired) electrons. The first-order valence-electron chi connectivity index (χ1n) is 9.36. The van der Waals surface area contributed by atoms with E-state index in [4.69, 9.17) is 14.1 Å². The third kappa shape index (κ3) is 5.92. The Morgan fingerprint density at radius 1 is 1.21 bits per heavy atom. The molecular weight excluding hydrogens is 467 g/mol. The Balaban J connectivity index is 0.00000280. The molecule has 28 heavy (non-hydrogen) atoms. The molecule has 1 saturated heterocycles. The molecule has 6 nitrogen and oxygen atoms in total. The first-order chi connectivity index (χ1) is 13.3. The van der Waals surface area contributed by atoms with Gasteiger partial charge in [0.2, 0.25) is 0 Å². The van der Waals surface area contributed by atoms with E-state index in [1.807, 2.05) is 30.3 Å². The maximum Gasteiger partial charge on any atom is 0.194 e. The topological polar surface area (TPSA) is 53.2 Å². The molecule has 2 aromatic rings. The smallest absolute Gasteiger partial charge is 0.194 e. The minimum absolute atomic E-state index is 0. The fraction of sp³-hybridized carbons (Fsp3) is 0.381. The second-order valence-electron chi connectivity index (χ2n) is 6.35. The standard InChI is InChI=1S/C21H28N4O2.HI/c1-3-11-22-21(23-12-10-18-7-6-17-27-18)25-15-13-24(14-16-25)19-8-4-5-9-20(19)26-2;/h3-9,17H,1,10-16H2,2H3,(H,22,23);1H. The van der Waals surface area contributed by atoms with Crippen LogP contribution >= 0.6 is 24.0 Å². The largest absolute Gasteiger partial charge is 0.495 e. The van der Waals surface area contributed by atoms with E-state index in [-0.39, 0.29) is 24.0 Å². The predicted octanol–water partition coefficient (Wildman–Crippen LogP) is 3.40. The third-order valence-electron chi connectivity index (χ3n) is 4.61. The molecule has 1 N–H and O–H groups in total. The zero-order valence-electron chi connectivity index (χ0n) is 16.3. The average Bonchev–Trinajstić information content (AvgIpc) is 3.24. The van der Waals surface area contributed by atoms with E-state index in [9.17, 15) is 0 Å². The van der Waals surface area contributed by atoms with Crippen LogP contribution in [-0.4, -0.2) is 57.2 Å². The number of furan rings is 1. The fourth-order valence-electron chi connectivity index (χ4n) is 3.21. The summed E-state index contributed by atoms with van der Waals surface area (Å²) in [5.41, 5.74) is 1.15. The van der Waals surface area contributed by atoms with Crippen LogP contribution in [0.2, 0.25) is 0 Å². The van der Waals surface area contributed by atoms with Crippen molar-refractivity contribution in [1.29, 1.82) is 0 Å². The SMILES string of the molecule is C=CCNC(=NCCc1ccco1)N1CCN(c2ccccc2OC)CC1.I. The summed E-state index contributed by atoms with van der Waals surface area (Å²) in [5.74, 6) is 2.81. The van der Waals surface area contributed by atoms with Gasteiger partial charge in [-0.1, -0.05) is 18.2 Å². The van der Waals surface area contributed by atoms with Crippen molar-refractivity contribution in [3.63, 3.8) is 0 Å². The van der Waals surface area contributed by atoms with E-state index in [1.54, 1.807) is 13.4 Å².